The third-order valence-corrected chi connectivity index (χ3v) is 4.55. The number of halogens is 1. The van der Waals surface area contributed by atoms with Crippen LogP contribution in [0, 0.1) is 0 Å². The van der Waals surface area contributed by atoms with Crippen molar-refractivity contribution in [2.75, 3.05) is 10.6 Å². The minimum atomic E-state index is -0.445. The highest BCUT2D eigenvalue weighted by molar-refractivity contribution is 6.30. The minimum Gasteiger partial charge on any atom is -0.354 e. The Morgan fingerprint density at radius 3 is 2.14 bits per heavy atom. The Morgan fingerprint density at radius 2 is 1.48 bits per heavy atom. The summed E-state index contributed by atoms with van der Waals surface area (Å²) in [7, 11) is 0. The van der Waals surface area contributed by atoms with Gasteiger partial charge in [-0.25, -0.2) is 0 Å². The molecule has 0 aliphatic rings. The van der Waals surface area contributed by atoms with Crippen LogP contribution in [-0.4, -0.2) is 11.8 Å². The largest absolute Gasteiger partial charge is 0.354 e. The summed E-state index contributed by atoms with van der Waals surface area (Å²) in [6.07, 6.45) is 0.0981. The van der Waals surface area contributed by atoms with E-state index in [1.54, 1.807) is 24.3 Å². The molecule has 3 aromatic carbocycles. The lowest BCUT2D eigenvalue weighted by Crippen LogP contribution is -2.29. The van der Waals surface area contributed by atoms with E-state index >= 15 is 0 Å². The summed E-state index contributed by atoms with van der Waals surface area (Å²) < 4.78 is 0. The van der Waals surface area contributed by atoms with Gasteiger partial charge in [0.05, 0.1) is 23.8 Å². The number of amides is 2. The van der Waals surface area contributed by atoms with Crippen molar-refractivity contribution in [1.82, 2.24) is 5.32 Å². The van der Waals surface area contributed by atoms with E-state index in [2.05, 4.69) is 16.0 Å². The second kappa shape index (κ2) is 9.75. The molecule has 0 saturated heterocycles. The lowest BCUT2D eigenvalue weighted by atomic mass is 10.0. The number of benzene rings is 3. The first-order valence-electron chi connectivity index (χ1n) is 9.25. The van der Waals surface area contributed by atoms with E-state index in [1.807, 2.05) is 54.6 Å². The highest BCUT2D eigenvalue weighted by Crippen LogP contribution is 2.26. The van der Waals surface area contributed by atoms with Crippen molar-refractivity contribution in [2.24, 2.45) is 0 Å². The van der Waals surface area contributed by atoms with Crippen molar-refractivity contribution in [3.63, 3.8) is 0 Å². The first-order chi connectivity index (χ1) is 14.0. The fourth-order valence-corrected chi connectivity index (χ4v) is 3.08. The fourth-order valence-electron chi connectivity index (χ4n) is 2.96. The van der Waals surface area contributed by atoms with Crippen LogP contribution in [0.25, 0.3) is 0 Å². The Labute approximate surface area is 175 Å². The molecule has 3 N–H and O–H groups in total. The molecule has 3 rings (SSSR count). The number of carbonyl (C=O) groups is 2. The molecule has 29 heavy (non-hydrogen) atoms. The molecule has 0 aliphatic heterocycles. The molecule has 148 valence electrons. The summed E-state index contributed by atoms with van der Waals surface area (Å²) in [5.74, 6) is -0.412. The minimum absolute atomic E-state index is 0.0981. The quantitative estimate of drug-likeness (QED) is 0.498. The van der Waals surface area contributed by atoms with Gasteiger partial charge in [-0.3, -0.25) is 9.59 Å². The maximum absolute atomic E-state index is 12.7. The van der Waals surface area contributed by atoms with E-state index in [-0.39, 0.29) is 18.2 Å². The lowest BCUT2D eigenvalue weighted by Gasteiger charge is -2.19. The predicted molar refractivity (Wildman–Crippen MR) is 117 cm³/mol. The molecule has 0 radical (unpaired) electrons. The molecule has 5 nitrogen and oxygen atoms in total. The molecule has 0 spiro atoms. The lowest BCUT2D eigenvalue weighted by molar-refractivity contribution is -0.120. The van der Waals surface area contributed by atoms with E-state index in [0.29, 0.717) is 10.7 Å². The monoisotopic (exact) mass is 407 g/mol. The summed E-state index contributed by atoms with van der Waals surface area (Å²) in [6.45, 7) is 1.43. The third kappa shape index (κ3) is 6.09. The number of hydrogen-bond donors (Lipinski definition) is 3. The molecular formula is C23H22ClN3O2. The zero-order chi connectivity index (χ0) is 20.6. The van der Waals surface area contributed by atoms with Crippen LogP contribution in [0.4, 0.5) is 17.1 Å². The van der Waals surface area contributed by atoms with E-state index in [4.69, 9.17) is 11.6 Å². The molecule has 1 unspecified atom stereocenters. The van der Waals surface area contributed by atoms with E-state index in [0.717, 1.165) is 16.9 Å². The molecule has 6 heteroatoms. The highest BCUT2D eigenvalue weighted by atomic mass is 35.5. The van der Waals surface area contributed by atoms with Gasteiger partial charge in [0.25, 0.3) is 0 Å². The molecule has 0 saturated carbocycles. The molecule has 0 bridgehead atoms. The normalized spacial score (nSPS) is 11.4. The summed E-state index contributed by atoms with van der Waals surface area (Å²) in [4.78, 5) is 24.3. The zero-order valence-corrected chi connectivity index (χ0v) is 16.7. The molecule has 0 heterocycles. The van der Waals surface area contributed by atoms with Gasteiger partial charge in [0.1, 0.15) is 0 Å². The molecule has 2 amide bonds. The molecule has 3 aromatic rings. The Morgan fingerprint density at radius 1 is 0.862 bits per heavy atom. The van der Waals surface area contributed by atoms with Gasteiger partial charge in [-0.05, 0) is 42.0 Å². The van der Waals surface area contributed by atoms with Crippen LogP contribution >= 0.6 is 11.6 Å². The Kier molecular flexibility index (Phi) is 6.87. The van der Waals surface area contributed by atoms with Crippen molar-refractivity contribution in [3.05, 3.63) is 89.4 Å². The van der Waals surface area contributed by atoms with Crippen LogP contribution in [0.1, 0.15) is 24.9 Å². The second-order valence-corrected chi connectivity index (χ2v) is 7.03. The second-order valence-electron chi connectivity index (χ2n) is 6.59. The smallest absolute Gasteiger partial charge is 0.226 e. The average molecular weight is 408 g/mol. The summed E-state index contributed by atoms with van der Waals surface area (Å²) in [5.41, 5.74) is 3.19. The van der Waals surface area contributed by atoms with Crippen LogP contribution in [-0.2, 0) is 9.59 Å². The number of nitrogens with one attached hydrogen (secondary N) is 3. The Bertz CT molecular complexity index is 975. The van der Waals surface area contributed by atoms with Gasteiger partial charge in [-0.2, -0.15) is 0 Å². The average Bonchev–Trinajstić information content (AvgIpc) is 2.70. The number of rotatable bonds is 7. The van der Waals surface area contributed by atoms with Gasteiger partial charge < -0.3 is 16.0 Å². The van der Waals surface area contributed by atoms with E-state index in [1.165, 1.54) is 6.92 Å². The molecular weight excluding hydrogens is 386 g/mol. The van der Waals surface area contributed by atoms with Crippen LogP contribution in [0.5, 0.6) is 0 Å². The van der Waals surface area contributed by atoms with Crippen molar-refractivity contribution in [3.8, 4) is 0 Å². The molecule has 0 fully saturated rings. The van der Waals surface area contributed by atoms with Crippen LogP contribution in [0.2, 0.25) is 5.02 Å². The van der Waals surface area contributed by atoms with Crippen LogP contribution in [0.15, 0.2) is 78.9 Å². The molecule has 0 aliphatic carbocycles. The Balaban J connectivity index is 1.73. The fraction of sp³-hybridized carbons (Fsp3) is 0.130. The highest BCUT2D eigenvalue weighted by Gasteiger charge is 2.18. The first-order valence-corrected chi connectivity index (χ1v) is 9.62. The van der Waals surface area contributed by atoms with Gasteiger partial charge in [0.15, 0.2) is 0 Å². The standard InChI is InChI=1S/C23H22ClN3O2/c1-16(28)25-22(17-11-13-18(24)14-12-17)15-23(29)27-21-10-6-5-9-20(21)26-19-7-3-2-4-8-19/h2-14,22,26H,15H2,1H3,(H,25,28)(H,27,29). The zero-order valence-electron chi connectivity index (χ0n) is 16.0. The van der Waals surface area contributed by atoms with Crippen molar-refractivity contribution in [1.29, 1.82) is 0 Å². The summed E-state index contributed by atoms with van der Waals surface area (Å²) >= 11 is 5.95. The number of hydrogen-bond acceptors (Lipinski definition) is 3. The summed E-state index contributed by atoms with van der Waals surface area (Å²) in [5, 5.41) is 9.67. The van der Waals surface area contributed by atoms with Crippen molar-refractivity contribution in [2.45, 2.75) is 19.4 Å². The van der Waals surface area contributed by atoms with Gasteiger partial charge in [0.2, 0.25) is 11.8 Å². The van der Waals surface area contributed by atoms with Crippen molar-refractivity contribution < 1.29 is 9.59 Å². The Hall–Kier alpha value is -3.31. The SMILES string of the molecule is CC(=O)NC(CC(=O)Nc1ccccc1Nc1ccccc1)c1ccc(Cl)cc1. The van der Waals surface area contributed by atoms with Gasteiger partial charge >= 0.3 is 0 Å². The molecule has 1 atom stereocenters. The number of para-hydroxylation sites is 3. The topological polar surface area (TPSA) is 70.2 Å². The predicted octanol–water partition coefficient (Wildman–Crippen LogP) is 5.29. The van der Waals surface area contributed by atoms with Gasteiger partial charge in [-0.1, -0.05) is 54.1 Å². The van der Waals surface area contributed by atoms with Crippen molar-refractivity contribution >= 4 is 40.5 Å². The number of carbonyl (C=O) groups excluding carboxylic acids is 2. The maximum atomic E-state index is 12.7. The van der Waals surface area contributed by atoms with E-state index in [9.17, 15) is 9.59 Å². The number of anilines is 3. The summed E-state index contributed by atoms with van der Waals surface area (Å²) in [6, 6.07) is 23.8. The first kappa shape index (κ1) is 20.4. The third-order valence-electron chi connectivity index (χ3n) is 4.29. The van der Waals surface area contributed by atoms with Gasteiger partial charge in [-0.15, -0.1) is 0 Å². The van der Waals surface area contributed by atoms with Gasteiger partial charge in [0, 0.05) is 17.6 Å². The molecule has 0 aromatic heterocycles. The van der Waals surface area contributed by atoms with Crippen LogP contribution in [0.3, 0.4) is 0 Å². The maximum Gasteiger partial charge on any atom is 0.226 e. The van der Waals surface area contributed by atoms with E-state index < -0.39 is 6.04 Å². The van der Waals surface area contributed by atoms with Crippen LogP contribution < -0.4 is 16.0 Å².